The Labute approximate surface area is 215 Å². The highest BCUT2D eigenvalue weighted by Crippen LogP contribution is 2.31. The number of hydrogen-bond donors (Lipinski definition) is 1. The van der Waals surface area contributed by atoms with Crippen molar-refractivity contribution in [3.05, 3.63) is 77.1 Å². The molecule has 1 N–H and O–H groups in total. The maximum Gasteiger partial charge on any atom is 0.303 e. The Morgan fingerprint density at radius 1 is 1.14 bits per heavy atom. The summed E-state index contributed by atoms with van der Waals surface area (Å²) in [5.74, 6) is 0.647. The second-order valence-corrected chi connectivity index (χ2v) is 9.04. The van der Waals surface area contributed by atoms with Gasteiger partial charge >= 0.3 is 5.97 Å². The number of carboxylic acids is 1. The summed E-state index contributed by atoms with van der Waals surface area (Å²) >= 11 is 0. The molecule has 0 unspecified atom stereocenters. The number of aryl methyl sites for hydroxylation is 2. The van der Waals surface area contributed by atoms with Crippen LogP contribution in [0.2, 0.25) is 0 Å². The highest BCUT2D eigenvalue weighted by molar-refractivity contribution is 5.69. The lowest BCUT2D eigenvalue weighted by Gasteiger charge is -2.18. The van der Waals surface area contributed by atoms with E-state index in [9.17, 15) is 4.79 Å². The van der Waals surface area contributed by atoms with Gasteiger partial charge in [-0.2, -0.15) is 0 Å². The van der Waals surface area contributed by atoms with Crippen LogP contribution in [-0.2, 0) is 4.79 Å². The molecule has 0 aliphatic heterocycles. The van der Waals surface area contributed by atoms with Crippen LogP contribution in [0.5, 0.6) is 11.6 Å². The van der Waals surface area contributed by atoms with Crippen LogP contribution in [0.25, 0.3) is 11.3 Å². The summed E-state index contributed by atoms with van der Waals surface area (Å²) in [5.41, 5.74) is 6.24. The number of allylic oxidation sites excluding steroid dienone is 5. The number of ether oxygens (including phenoxy) is 2. The van der Waals surface area contributed by atoms with Crippen molar-refractivity contribution in [2.75, 3.05) is 26.2 Å². The fourth-order valence-electron chi connectivity index (χ4n) is 4.31. The van der Waals surface area contributed by atoms with Crippen molar-refractivity contribution in [2.45, 2.75) is 53.4 Å². The van der Waals surface area contributed by atoms with Crippen molar-refractivity contribution < 1.29 is 19.4 Å². The number of hydrogen-bond acceptors (Lipinski definition) is 5. The van der Waals surface area contributed by atoms with Crippen molar-refractivity contribution >= 4 is 5.97 Å². The average molecular weight is 491 g/mol. The minimum absolute atomic E-state index is 0.144. The van der Waals surface area contributed by atoms with Gasteiger partial charge in [0.1, 0.15) is 5.75 Å². The Morgan fingerprint density at radius 3 is 2.53 bits per heavy atom. The molecule has 0 radical (unpaired) electrons. The number of aliphatic carboxylic acids is 1. The van der Waals surface area contributed by atoms with Gasteiger partial charge in [-0.25, -0.2) is 4.98 Å². The van der Waals surface area contributed by atoms with E-state index in [1.54, 1.807) is 6.26 Å². The van der Waals surface area contributed by atoms with Gasteiger partial charge < -0.3 is 19.5 Å². The Morgan fingerprint density at radius 2 is 1.89 bits per heavy atom. The Bertz CT molecular complexity index is 1110. The number of carbonyl (C=O) groups is 1. The minimum atomic E-state index is -0.779. The summed E-state index contributed by atoms with van der Waals surface area (Å²) < 4.78 is 11.9. The molecule has 0 saturated carbocycles. The third kappa shape index (κ3) is 8.09. The van der Waals surface area contributed by atoms with E-state index in [2.05, 4.69) is 44.7 Å². The average Bonchev–Trinajstić information content (AvgIpc) is 2.87. The van der Waals surface area contributed by atoms with Gasteiger partial charge in [-0.1, -0.05) is 43.7 Å². The molecule has 1 aromatic carbocycles. The van der Waals surface area contributed by atoms with E-state index in [0.29, 0.717) is 25.3 Å². The predicted molar refractivity (Wildman–Crippen MR) is 144 cm³/mol. The molecule has 192 valence electrons. The number of nitrogens with zero attached hydrogens (tertiary/aromatic N) is 2. The van der Waals surface area contributed by atoms with Gasteiger partial charge in [0, 0.05) is 24.6 Å². The van der Waals surface area contributed by atoms with E-state index in [1.165, 1.54) is 0 Å². The molecule has 1 aromatic heterocycles. The first kappa shape index (κ1) is 27.2. The quantitative estimate of drug-likeness (QED) is 0.256. The van der Waals surface area contributed by atoms with Crippen molar-refractivity contribution in [1.82, 2.24) is 9.88 Å². The zero-order valence-corrected chi connectivity index (χ0v) is 21.9. The molecule has 6 nitrogen and oxygen atoms in total. The van der Waals surface area contributed by atoms with Crippen LogP contribution < -0.4 is 9.47 Å². The number of benzene rings is 1. The molecule has 6 heteroatoms. The molecule has 1 aliphatic carbocycles. The molecular weight excluding hydrogens is 452 g/mol. The third-order valence-corrected chi connectivity index (χ3v) is 6.34. The van der Waals surface area contributed by atoms with Crippen LogP contribution in [0.3, 0.4) is 0 Å². The van der Waals surface area contributed by atoms with Gasteiger partial charge in [0.25, 0.3) is 0 Å². The van der Waals surface area contributed by atoms with Crippen LogP contribution in [-0.4, -0.2) is 47.2 Å². The molecule has 0 amide bonds. The van der Waals surface area contributed by atoms with E-state index in [4.69, 9.17) is 19.6 Å². The summed E-state index contributed by atoms with van der Waals surface area (Å²) in [6, 6.07) is 9.96. The topological polar surface area (TPSA) is 71.9 Å². The maximum absolute atomic E-state index is 10.7. The zero-order chi connectivity index (χ0) is 25.9. The highest BCUT2D eigenvalue weighted by atomic mass is 16.5. The van der Waals surface area contributed by atoms with Crippen molar-refractivity contribution in [3.63, 3.8) is 0 Å². The zero-order valence-electron chi connectivity index (χ0n) is 21.9. The SMILES string of the molecule is CCN(CC)CCCOc1cc(C)c(-c2cccc(OC=C3C=CC(CCC(=O)O)=CC3)n2)c(C)c1. The van der Waals surface area contributed by atoms with Crippen molar-refractivity contribution in [3.8, 4) is 22.9 Å². The van der Waals surface area contributed by atoms with E-state index >= 15 is 0 Å². The van der Waals surface area contributed by atoms with Gasteiger partial charge in [0.2, 0.25) is 5.88 Å². The number of aromatic nitrogens is 1. The second kappa shape index (κ2) is 13.6. The maximum atomic E-state index is 10.7. The van der Waals surface area contributed by atoms with E-state index < -0.39 is 5.97 Å². The molecule has 2 aromatic rings. The lowest BCUT2D eigenvalue weighted by molar-refractivity contribution is -0.136. The summed E-state index contributed by atoms with van der Waals surface area (Å²) in [6.45, 7) is 12.4. The first-order valence-corrected chi connectivity index (χ1v) is 12.8. The largest absolute Gasteiger partial charge is 0.494 e. The van der Waals surface area contributed by atoms with Crippen LogP contribution >= 0.6 is 0 Å². The smallest absolute Gasteiger partial charge is 0.303 e. The Kier molecular flexibility index (Phi) is 10.3. The monoisotopic (exact) mass is 490 g/mol. The molecule has 0 fully saturated rings. The predicted octanol–water partition coefficient (Wildman–Crippen LogP) is 6.49. The molecule has 1 heterocycles. The van der Waals surface area contributed by atoms with Crippen LogP contribution in [0.1, 0.15) is 50.7 Å². The summed E-state index contributed by atoms with van der Waals surface area (Å²) in [4.78, 5) is 17.9. The van der Waals surface area contributed by atoms with Gasteiger partial charge in [0.05, 0.1) is 18.6 Å². The van der Waals surface area contributed by atoms with E-state index in [-0.39, 0.29) is 6.42 Å². The van der Waals surface area contributed by atoms with Gasteiger partial charge in [-0.05, 0) is 81.1 Å². The summed E-state index contributed by atoms with van der Waals surface area (Å²) in [7, 11) is 0. The Hall–Kier alpha value is -3.38. The van der Waals surface area contributed by atoms with Gasteiger partial charge in [0.15, 0.2) is 0 Å². The summed E-state index contributed by atoms with van der Waals surface area (Å²) in [5, 5.41) is 8.84. The molecule has 1 aliphatic rings. The normalized spacial score (nSPS) is 14.2. The van der Waals surface area contributed by atoms with Crippen molar-refractivity contribution in [2.24, 2.45) is 0 Å². The van der Waals surface area contributed by atoms with Gasteiger partial charge in [-0.15, -0.1) is 0 Å². The lowest BCUT2D eigenvalue weighted by Crippen LogP contribution is -2.25. The van der Waals surface area contributed by atoms with Crippen molar-refractivity contribution in [1.29, 1.82) is 0 Å². The number of rotatable bonds is 13. The molecule has 0 atom stereocenters. The fraction of sp³-hybridized carbons (Fsp3) is 0.400. The van der Waals surface area contributed by atoms with Gasteiger partial charge in [-0.3, -0.25) is 4.79 Å². The number of pyridine rings is 1. The molecule has 0 bridgehead atoms. The highest BCUT2D eigenvalue weighted by Gasteiger charge is 2.11. The first-order chi connectivity index (χ1) is 17.4. The molecule has 3 rings (SSSR count). The molecule has 0 saturated heterocycles. The molecule has 0 spiro atoms. The minimum Gasteiger partial charge on any atom is -0.494 e. The standard InChI is InChI=1S/C30H38N2O4/c1-5-32(6-2)17-8-18-35-26-19-22(3)30(23(4)20-26)27-9-7-10-28(31-27)36-21-25-13-11-24(12-14-25)15-16-29(33)34/h7,9-13,19-21H,5-6,8,14-18H2,1-4H3,(H,33,34). The molecular formula is C30H38N2O4. The third-order valence-electron chi connectivity index (χ3n) is 6.34. The lowest BCUT2D eigenvalue weighted by atomic mass is 9.99. The van der Waals surface area contributed by atoms with Crippen LogP contribution in [0.4, 0.5) is 0 Å². The van der Waals surface area contributed by atoms with Crippen LogP contribution in [0.15, 0.2) is 66.0 Å². The second-order valence-electron chi connectivity index (χ2n) is 9.04. The fourth-order valence-corrected chi connectivity index (χ4v) is 4.31. The van der Waals surface area contributed by atoms with E-state index in [1.807, 2.05) is 36.4 Å². The molecule has 36 heavy (non-hydrogen) atoms. The Balaban J connectivity index is 1.62. The number of carboxylic acid groups (broad SMARTS) is 1. The summed E-state index contributed by atoms with van der Waals surface area (Å²) in [6.07, 6.45) is 10.1. The van der Waals surface area contributed by atoms with E-state index in [0.717, 1.165) is 65.3 Å². The first-order valence-electron chi connectivity index (χ1n) is 12.8. The van der Waals surface area contributed by atoms with Crippen LogP contribution in [0, 0.1) is 13.8 Å².